The Balaban J connectivity index is 1.91. The molecule has 0 atom stereocenters. The molecule has 5 nitrogen and oxygen atoms in total. The fraction of sp³-hybridized carbons (Fsp3) is 0.467. The second-order valence-corrected chi connectivity index (χ2v) is 5.00. The molecule has 2 rings (SSSR count). The average Bonchev–Trinajstić information content (AvgIpc) is 2.47. The third kappa shape index (κ3) is 3.50. The van der Waals surface area contributed by atoms with Gasteiger partial charge in [0.25, 0.3) is 0 Å². The van der Waals surface area contributed by atoms with Crippen molar-refractivity contribution in [3.63, 3.8) is 0 Å². The summed E-state index contributed by atoms with van der Waals surface area (Å²) < 4.78 is 5.13. The number of nitrogens with one attached hydrogen (secondary N) is 1. The molecule has 5 heteroatoms. The van der Waals surface area contributed by atoms with Crippen LogP contribution in [0.25, 0.3) is 0 Å². The molecule has 1 aromatic carbocycles. The van der Waals surface area contributed by atoms with Gasteiger partial charge in [-0.05, 0) is 25.0 Å². The zero-order valence-electron chi connectivity index (χ0n) is 11.9. The van der Waals surface area contributed by atoms with Crippen molar-refractivity contribution >= 4 is 17.5 Å². The zero-order chi connectivity index (χ0) is 14.5. The first-order valence-electron chi connectivity index (χ1n) is 6.80. The monoisotopic (exact) mass is 276 g/mol. The number of benzene rings is 1. The molecule has 108 valence electrons. The number of hydrogen-bond acceptors (Lipinski definition) is 3. The van der Waals surface area contributed by atoms with Crippen LogP contribution in [-0.2, 0) is 9.59 Å². The molecule has 0 radical (unpaired) electrons. The van der Waals surface area contributed by atoms with Crippen LogP contribution in [0.2, 0.25) is 0 Å². The van der Waals surface area contributed by atoms with Crippen LogP contribution in [-0.4, -0.2) is 36.9 Å². The third-order valence-electron chi connectivity index (χ3n) is 3.65. The van der Waals surface area contributed by atoms with Gasteiger partial charge in [-0.25, -0.2) is 0 Å². The molecule has 0 aliphatic carbocycles. The van der Waals surface area contributed by atoms with E-state index in [1.165, 1.54) is 0 Å². The molecule has 0 unspecified atom stereocenters. The third-order valence-corrected chi connectivity index (χ3v) is 3.65. The maximum absolute atomic E-state index is 12.2. The van der Waals surface area contributed by atoms with E-state index in [9.17, 15) is 9.59 Å². The summed E-state index contributed by atoms with van der Waals surface area (Å²) in [5.41, 5.74) is 0.739. The van der Waals surface area contributed by atoms with Crippen molar-refractivity contribution in [1.29, 1.82) is 0 Å². The second kappa shape index (κ2) is 6.41. The summed E-state index contributed by atoms with van der Waals surface area (Å²) >= 11 is 0. The minimum Gasteiger partial charge on any atom is -0.497 e. The van der Waals surface area contributed by atoms with E-state index in [0.717, 1.165) is 18.5 Å². The van der Waals surface area contributed by atoms with Gasteiger partial charge in [0, 0.05) is 37.7 Å². The Morgan fingerprint density at radius 3 is 2.60 bits per heavy atom. The van der Waals surface area contributed by atoms with Crippen molar-refractivity contribution in [2.24, 2.45) is 5.92 Å². The molecule has 1 aliphatic heterocycles. The van der Waals surface area contributed by atoms with E-state index in [1.54, 1.807) is 25.0 Å². The Morgan fingerprint density at radius 1 is 1.30 bits per heavy atom. The number of ether oxygens (including phenoxy) is 1. The molecule has 0 spiro atoms. The van der Waals surface area contributed by atoms with Gasteiger partial charge in [0.1, 0.15) is 5.75 Å². The van der Waals surface area contributed by atoms with E-state index in [-0.39, 0.29) is 17.7 Å². The number of hydrogen-bond donors (Lipinski definition) is 1. The minimum absolute atomic E-state index is 0.0152. The fourth-order valence-electron chi connectivity index (χ4n) is 2.40. The SMILES string of the molecule is COc1cccc(NC(=O)C2CCN(C(C)=O)CC2)c1. The van der Waals surface area contributed by atoms with Crippen LogP contribution in [0.15, 0.2) is 24.3 Å². The summed E-state index contributed by atoms with van der Waals surface area (Å²) in [5, 5.41) is 2.91. The van der Waals surface area contributed by atoms with Gasteiger partial charge < -0.3 is 15.0 Å². The first-order chi connectivity index (χ1) is 9.60. The summed E-state index contributed by atoms with van der Waals surface area (Å²) in [5.74, 6) is 0.782. The van der Waals surface area contributed by atoms with E-state index in [2.05, 4.69) is 5.32 Å². The van der Waals surface area contributed by atoms with Gasteiger partial charge in [-0.15, -0.1) is 0 Å². The number of carbonyl (C=O) groups is 2. The lowest BCUT2D eigenvalue weighted by atomic mass is 9.96. The first kappa shape index (κ1) is 14.4. The molecular formula is C15H20N2O3. The topological polar surface area (TPSA) is 58.6 Å². The zero-order valence-corrected chi connectivity index (χ0v) is 11.9. The number of nitrogens with zero attached hydrogens (tertiary/aromatic N) is 1. The number of carbonyl (C=O) groups excluding carboxylic acids is 2. The highest BCUT2D eigenvalue weighted by Crippen LogP contribution is 2.21. The number of likely N-dealkylation sites (tertiary alicyclic amines) is 1. The summed E-state index contributed by atoms with van der Waals surface area (Å²) in [6.07, 6.45) is 1.44. The molecule has 1 aliphatic rings. The van der Waals surface area contributed by atoms with Crippen molar-refractivity contribution < 1.29 is 14.3 Å². The van der Waals surface area contributed by atoms with E-state index >= 15 is 0 Å². The molecule has 0 aromatic heterocycles. The van der Waals surface area contributed by atoms with Crippen molar-refractivity contribution in [2.75, 3.05) is 25.5 Å². The van der Waals surface area contributed by atoms with Crippen LogP contribution < -0.4 is 10.1 Å². The minimum atomic E-state index is -0.0307. The van der Waals surface area contributed by atoms with Crippen molar-refractivity contribution in [3.05, 3.63) is 24.3 Å². The normalized spacial score (nSPS) is 15.8. The standard InChI is InChI=1S/C15H20N2O3/c1-11(18)17-8-6-12(7-9-17)15(19)16-13-4-3-5-14(10-13)20-2/h3-5,10,12H,6-9H2,1-2H3,(H,16,19). The largest absolute Gasteiger partial charge is 0.497 e. The Morgan fingerprint density at radius 2 is 2.00 bits per heavy atom. The fourth-order valence-corrected chi connectivity index (χ4v) is 2.40. The molecule has 1 heterocycles. The van der Waals surface area contributed by atoms with E-state index in [4.69, 9.17) is 4.74 Å². The van der Waals surface area contributed by atoms with E-state index < -0.39 is 0 Å². The van der Waals surface area contributed by atoms with Gasteiger partial charge in [-0.1, -0.05) is 6.07 Å². The second-order valence-electron chi connectivity index (χ2n) is 5.00. The number of methoxy groups -OCH3 is 1. The van der Waals surface area contributed by atoms with Crippen LogP contribution in [0.3, 0.4) is 0 Å². The number of amides is 2. The summed E-state index contributed by atoms with van der Waals surface area (Å²) in [7, 11) is 1.60. The highest BCUT2D eigenvalue weighted by molar-refractivity contribution is 5.92. The van der Waals surface area contributed by atoms with Crippen molar-refractivity contribution in [2.45, 2.75) is 19.8 Å². The molecule has 0 saturated carbocycles. The highest BCUT2D eigenvalue weighted by Gasteiger charge is 2.25. The molecule has 2 amide bonds. The molecule has 0 bridgehead atoms. The molecule has 20 heavy (non-hydrogen) atoms. The Bertz CT molecular complexity index is 494. The summed E-state index contributed by atoms with van der Waals surface area (Å²) in [6, 6.07) is 7.31. The number of anilines is 1. The number of piperidine rings is 1. The van der Waals surface area contributed by atoms with Crippen molar-refractivity contribution in [1.82, 2.24) is 4.90 Å². The van der Waals surface area contributed by atoms with Crippen LogP contribution in [0.5, 0.6) is 5.75 Å². The van der Waals surface area contributed by atoms with Crippen LogP contribution in [0, 0.1) is 5.92 Å². The lowest BCUT2D eigenvalue weighted by Crippen LogP contribution is -2.40. The van der Waals surface area contributed by atoms with Gasteiger partial charge in [0.05, 0.1) is 7.11 Å². The average molecular weight is 276 g/mol. The van der Waals surface area contributed by atoms with E-state index in [0.29, 0.717) is 18.8 Å². The Labute approximate surface area is 118 Å². The van der Waals surface area contributed by atoms with Gasteiger partial charge in [0.2, 0.25) is 11.8 Å². The molecular weight excluding hydrogens is 256 g/mol. The van der Waals surface area contributed by atoms with Gasteiger partial charge in [-0.3, -0.25) is 9.59 Å². The first-order valence-corrected chi connectivity index (χ1v) is 6.80. The lowest BCUT2D eigenvalue weighted by Gasteiger charge is -2.30. The highest BCUT2D eigenvalue weighted by atomic mass is 16.5. The van der Waals surface area contributed by atoms with E-state index in [1.807, 2.05) is 18.2 Å². The molecule has 1 aromatic rings. The Kier molecular flexibility index (Phi) is 4.61. The predicted octanol–water partition coefficient (Wildman–Crippen LogP) is 1.89. The predicted molar refractivity (Wildman–Crippen MR) is 76.6 cm³/mol. The van der Waals surface area contributed by atoms with Gasteiger partial charge in [-0.2, -0.15) is 0 Å². The maximum atomic E-state index is 12.2. The van der Waals surface area contributed by atoms with Crippen LogP contribution >= 0.6 is 0 Å². The Hall–Kier alpha value is -2.04. The van der Waals surface area contributed by atoms with Gasteiger partial charge >= 0.3 is 0 Å². The van der Waals surface area contributed by atoms with Crippen LogP contribution in [0.4, 0.5) is 5.69 Å². The lowest BCUT2D eigenvalue weighted by molar-refractivity contribution is -0.132. The molecule has 1 fully saturated rings. The molecule has 1 saturated heterocycles. The number of rotatable bonds is 3. The van der Waals surface area contributed by atoms with Crippen molar-refractivity contribution in [3.8, 4) is 5.75 Å². The quantitative estimate of drug-likeness (QED) is 0.917. The molecule has 1 N–H and O–H groups in total. The smallest absolute Gasteiger partial charge is 0.227 e. The van der Waals surface area contributed by atoms with Gasteiger partial charge in [0.15, 0.2) is 0 Å². The summed E-state index contributed by atoms with van der Waals surface area (Å²) in [4.78, 5) is 25.2. The van der Waals surface area contributed by atoms with Crippen LogP contribution in [0.1, 0.15) is 19.8 Å². The maximum Gasteiger partial charge on any atom is 0.227 e. The summed E-state index contributed by atoms with van der Waals surface area (Å²) in [6.45, 7) is 2.88.